The minimum atomic E-state index is -0.752. The molecule has 140 valence electrons. The molecule has 27 heavy (non-hydrogen) atoms. The molecule has 4 heteroatoms. The normalized spacial score (nSPS) is 20.1. The summed E-state index contributed by atoms with van der Waals surface area (Å²) in [6.45, 7) is 2.15. The zero-order chi connectivity index (χ0) is 19.2. The summed E-state index contributed by atoms with van der Waals surface area (Å²) in [5.41, 5.74) is 4.28. The van der Waals surface area contributed by atoms with Crippen LogP contribution in [0.25, 0.3) is 0 Å². The lowest BCUT2D eigenvalue weighted by atomic mass is 9.95. The fraction of sp³-hybridized carbons (Fsp3) is 0.391. The summed E-state index contributed by atoms with van der Waals surface area (Å²) in [5, 5.41) is 21.6. The summed E-state index contributed by atoms with van der Waals surface area (Å²) >= 11 is 0. The number of carbonyl (C=O) groups is 1. The number of hydrogen-bond acceptors (Lipinski definition) is 3. The maximum Gasteiger partial charge on any atom is 0.303 e. The molecule has 0 aromatic heterocycles. The standard InChI is InChI=1S/C23H26N2O2/c1-16(20-4-2-3-18(13-20)15-24)25-22-11-10-21(14-22)19-8-5-17(6-9-19)7-12-23(26)27/h2-6,8-9,13,16,21-22,25H,7,10-12,14H2,1H3,(H,26,27)/t16-,21+,22+/m1/s1. The Hall–Kier alpha value is -2.64. The van der Waals surface area contributed by atoms with Gasteiger partial charge in [0.05, 0.1) is 11.6 Å². The molecule has 0 heterocycles. The zero-order valence-electron chi connectivity index (χ0n) is 15.7. The highest BCUT2D eigenvalue weighted by Crippen LogP contribution is 2.35. The van der Waals surface area contributed by atoms with Crippen LogP contribution in [-0.2, 0) is 11.2 Å². The van der Waals surface area contributed by atoms with E-state index >= 15 is 0 Å². The van der Waals surface area contributed by atoms with Crippen molar-refractivity contribution in [1.29, 1.82) is 5.26 Å². The second-order valence-corrected chi connectivity index (χ2v) is 7.47. The number of nitrogens with one attached hydrogen (secondary N) is 1. The number of aliphatic carboxylic acids is 1. The number of nitriles is 1. The number of carboxylic acids is 1. The molecule has 0 bridgehead atoms. The predicted octanol–water partition coefficient (Wildman–Crippen LogP) is 4.56. The third-order valence-electron chi connectivity index (χ3n) is 5.51. The number of carboxylic acid groups (broad SMARTS) is 1. The fourth-order valence-corrected chi connectivity index (χ4v) is 3.97. The van der Waals surface area contributed by atoms with Gasteiger partial charge in [-0.2, -0.15) is 5.26 Å². The molecule has 1 aliphatic carbocycles. The molecule has 0 spiro atoms. The Morgan fingerprint density at radius 1 is 1.26 bits per heavy atom. The SMILES string of the molecule is C[C@@H](N[C@H]1CC[C@H](c2ccc(CCC(=O)O)cc2)C1)c1cccc(C#N)c1. The molecular formula is C23H26N2O2. The van der Waals surface area contributed by atoms with Crippen LogP contribution in [0.1, 0.15) is 66.8 Å². The van der Waals surface area contributed by atoms with Crippen LogP contribution in [0.4, 0.5) is 0 Å². The Kier molecular flexibility index (Phi) is 6.26. The van der Waals surface area contributed by atoms with Crippen LogP contribution in [-0.4, -0.2) is 17.1 Å². The minimum Gasteiger partial charge on any atom is -0.481 e. The van der Waals surface area contributed by atoms with Gasteiger partial charge in [0.2, 0.25) is 0 Å². The Morgan fingerprint density at radius 3 is 2.74 bits per heavy atom. The van der Waals surface area contributed by atoms with Gasteiger partial charge in [0, 0.05) is 18.5 Å². The van der Waals surface area contributed by atoms with Crippen molar-refractivity contribution in [2.24, 2.45) is 0 Å². The summed E-state index contributed by atoms with van der Waals surface area (Å²) in [4.78, 5) is 10.7. The number of benzene rings is 2. The second-order valence-electron chi connectivity index (χ2n) is 7.47. The topological polar surface area (TPSA) is 73.1 Å². The van der Waals surface area contributed by atoms with Crippen LogP contribution in [0, 0.1) is 11.3 Å². The molecule has 2 N–H and O–H groups in total. The van der Waals surface area contributed by atoms with E-state index in [2.05, 4.69) is 48.6 Å². The highest BCUT2D eigenvalue weighted by atomic mass is 16.4. The number of aryl methyl sites for hydroxylation is 1. The van der Waals surface area contributed by atoms with Gasteiger partial charge in [0.25, 0.3) is 0 Å². The molecule has 3 rings (SSSR count). The summed E-state index contributed by atoms with van der Waals surface area (Å²) in [6, 6.07) is 19.1. The van der Waals surface area contributed by atoms with Crippen molar-refractivity contribution in [3.8, 4) is 6.07 Å². The van der Waals surface area contributed by atoms with Crippen LogP contribution in [0.15, 0.2) is 48.5 Å². The van der Waals surface area contributed by atoms with Gasteiger partial charge in [-0.25, -0.2) is 0 Å². The molecule has 0 amide bonds. The first kappa shape index (κ1) is 19.1. The number of hydrogen-bond donors (Lipinski definition) is 2. The van der Waals surface area contributed by atoms with Crippen molar-refractivity contribution in [2.45, 2.75) is 57.0 Å². The largest absolute Gasteiger partial charge is 0.481 e. The van der Waals surface area contributed by atoms with Crippen LogP contribution >= 0.6 is 0 Å². The van der Waals surface area contributed by atoms with Crippen molar-refractivity contribution >= 4 is 5.97 Å². The molecule has 1 fully saturated rings. The molecule has 0 saturated heterocycles. The lowest BCUT2D eigenvalue weighted by molar-refractivity contribution is -0.136. The van der Waals surface area contributed by atoms with Gasteiger partial charge < -0.3 is 10.4 Å². The smallest absolute Gasteiger partial charge is 0.303 e. The van der Waals surface area contributed by atoms with E-state index in [1.54, 1.807) is 0 Å². The zero-order valence-corrected chi connectivity index (χ0v) is 15.7. The summed E-state index contributed by atoms with van der Waals surface area (Å²) in [7, 11) is 0. The van der Waals surface area contributed by atoms with Gasteiger partial charge in [-0.3, -0.25) is 4.79 Å². The summed E-state index contributed by atoms with van der Waals surface area (Å²) < 4.78 is 0. The highest BCUT2D eigenvalue weighted by molar-refractivity contribution is 5.67. The molecule has 4 nitrogen and oxygen atoms in total. The van der Waals surface area contributed by atoms with E-state index in [0.29, 0.717) is 23.9 Å². The first-order valence-corrected chi connectivity index (χ1v) is 9.62. The lowest BCUT2D eigenvalue weighted by Crippen LogP contribution is -2.29. The molecule has 1 aliphatic rings. The molecular weight excluding hydrogens is 336 g/mol. The van der Waals surface area contributed by atoms with Crippen molar-refractivity contribution in [1.82, 2.24) is 5.32 Å². The van der Waals surface area contributed by atoms with Gasteiger partial charge in [-0.1, -0.05) is 36.4 Å². The van der Waals surface area contributed by atoms with E-state index < -0.39 is 5.97 Å². The van der Waals surface area contributed by atoms with Crippen molar-refractivity contribution in [2.75, 3.05) is 0 Å². The van der Waals surface area contributed by atoms with Gasteiger partial charge >= 0.3 is 5.97 Å². The van der Waals surface area contributed by atoms with Crippen LogP contribution in [0.5, 0.6) is 0 Å². The third kappa shape index (κ3) is 5.18. The fourth-order valence-electron chi connectivity index (χ4n) is 3.97. The third-order valence-corrected chi connectivity index (χ3v) is 5.51. The van der Waals surface area contributed by atoms with Crippen molar-refractivity contribution < 1.29 is 9.90 Å². The number of nitrogens with zero attached hydrogens (tertiary/aromatic N) is 1. The van der Waals surface area contributed by atoms with E-state index in [4.69, 9.17) is 10.4 Å². The quantitative estimate of drug-likeness (QED) is 0.757. The first-order valence-electron chi connectivity index (χ1n) is 9.62. The van der Waals surface area contributed by atoms with Gasteiger partial charge in [-0.05, 0) is 67.3 Å². The molecule has 0 aliphatic heterocycles. The van der Waals surface area contributed by atoms with E-state index in [-0.39, 0.29) is 12.5 Å². The second kappa shape index (κ2) is 8.83. The van der Waals surface area contributed by atoms with Crippen LogP contribution in [0.2, 0.25) is 0 Å². The van der Waals surface area contributed by atoms with Crippen LogP contribution < -0.4 is 5.32 Å². The van der Waals surface area contributed by atoms with Crippen molar-refractivity contribution in [3.05, 3.63) is 70.8 Å². The molecule has 2 aromatic rings. The molecule has 1 saturated carbocycles. The molecule has 0 unspecified atom stereocenters. The van der Waals surface area contributed by atoms with Crippen molar-refractivity contribution in [3.63, 3.8) is 0 Å². The predicted molar refractivity (Wildman–Crippen MR) is 105 cm³/mol. The molecule has 3 atom stereocenters. The lowest BCUT2D eigenvalue weighted by Gasteiger charge is -2.20. The Bertz CT molecular complexity index is 823. The van der Waals surface area contributed by atoms with E-state index in [0.717, 1.165) is 30.4 Å². The molecule has 2 aromatic carbocycles. The maximum atomic E-state index is 10.7. The Balaban J connectivity index is 1.55. The summed E-state index contributed by atoms with van der Waals surface area (Å²) in [5.74, 6) is -0.202. The molecule has 0 radical (unpaired) electrons. The van der Waals surface area contributed by atoms with E-state index in [9.17, 15) is 4.79 Å². The van der Waals surface area contributed by atoms with E-state index in [1.165, 1.54) is 5.56 Å². The van der Waals surface area contributed by atoms with E-state index in [1.807, 2.05) is 18.2 Å². The minimum absolute atomic E-state index is 0.180. The maximum absolute atomic E-state index is 10.7. The average Bonchev–Trinajstić information content (AvgIpc) is 3.15. The first-order chi connectivity index (χ1) is 13.0. The summed E-state index contributed by atoms with van der Waals surface area (Å²) in [6.07, 6.45) is 4.19. The Labute approximate surface area is 160 Å². The number of rotatable bonds is 7. The van der Waals surface area contributed by atoms with Gasteiger partial charge in [-0.15, -0.1) is 0 Å². The average molecular weight is 362 g/mol. The van der Waals surface area contributed by atoms with Crippen LogP contribution in [0.3, 0.4) is 0 Å². The Morgan fingerprint density at radius 2 is 2.04 bits per heavy atom. The van der Waals surface area contributed by atoms with Gasteiger partial charge in [0.15, 0.2) is 0 Å². The van der Waals surface area contributed by atoms with Gasteiger partial charge in [0.1, 0.15) is 0 Å². The monoisotopic (exact) mass is 362 g/mol. The highest BCUT2D eigenvalue weighted by Gasteiger charge is 2.27.